The van der Waals surface area contributed by atoms with Crippen LogP contribution in [0.2, 0.25) is 0 Å². The first-order valence-corrected chi connectivity index (χ1v) is 10.6. The quantitative estimate of drug-likeness (QED) is 0.313. The molecule has 31 heavy (non-hydrogen) atoms. The summed E-state index contributed by atoms with van der Waals surface area (Å²) in [6.45, 7) is 4.37. The monoisotopic (exact) mass is 403 g/mol. The summed E-state index contributed by atoms with van der Waals surface area (Å²) in [4.78, 5) is 9.80. The van der Waals surface area contributed by atoms with Crippen molar-refractivity contribution in [3.63, 3.8) is 0 Å². The van der Waals surface area contributed by atoms with E-state index in [1.165, 1.54) is 0 Å². The second-order valence-corrected chi connectivity index (χ2v) is 8.09. The normalized spacial score (nSPS) is 11.8. The average molecular weight is 403 g/mol. The highest BCUT2D eigenvalue weighted by atomic mass is 16.3. The minimum absolute atomic E-state index is 0.268. The average Bonchev–Trinajstić information content (AvgIpc) is 3.37. The van der Waals surface area contributed by atoms with Gasteiger partial charge in [-0.15, -0.1) is 0 Å². The molecule has 0 aliphatic heterocycles. The molecule has 4 heteroatoms. The molecular formula is C27H21N3O. The van der Waals surface area contributed by atoms with E-state index in [1.807, 2.05) is 24.3 Å². The van der Waals surface area contributed by atoms with Gasteiger partial charge in [-0.3, -0.25) is 0 Å². The summed E-state index contributed by atoms with van der Waals surface area (Å²) in [6, 6.07) is 29.1. The molecule has 0 unspecified atom stereocenters. The van der Waals surface area contributed by atoms with Crippen molar-refractivity contribution in [2.24, 2.45) is 0 Å². The molecular weight excluding hydrogens is 382 g/mol. The van der Waals surface area contributed by atoms with Crippen molar-refractivity contribution < 1.29 is 4.42 Å². The Hall–Kier alpha value is -3.92. The van der Waals surface area contributed by atoms with E-state index in [0.717, 1.165) is 50.0 Å². The summed E-state index contributed by atoms with van der Waals surface area (Å²) < 4.78 is 8.64. The Balaban J connectivity index is 1.62. The number of pyridine rings is 1. The molecule has 0 fully saturated rings. The molecule has 0 spiro atoms. The van der Waals surface area contributed by atoms with Crippen LogP contribution < -0.4 is 0 Å². The smallest absolute Gasteiger partial charge is 0.227 e. The van der Waals surface area contributed by atoms with Gasteiger partial charge in [0.1, 0.15) is 11.4 Å². The number of fused-ring (bicyclic) bond motifs is 4. The Morgan fingerprint density at radius 3 is 2.39 bits per heavy atom. The number of imidazole rings is 1. The molecule has 3 aromatic heterocycles. The topological polar surface area (TPSA) is 43.9 Å². The largest absolute Gasteiger partial charge is 0.437 e. The molecule has 0 saturated carbocycles. The molecule has 0 radical (unpaired) electrons. The summed E-state index contributed by atoms with van der Waals surface area (Å²) in [5.74, 6) is 0.920. The van der Waals surface area contributed by atoms with Crippen molar-refractivity contribution in [2.75, 3.05) is 0 Å². The van der Waals surface area contributed by atoms with E-state index in [1.54, 1.807) is 0 Å². The van der Waals surface area contributed by atoms with Crippen LogP contribution in [0.3, 0.4) is 0 Å². The van der Waals surface area contributed by atoms with Gasteiger partial charge in [-0.05, 0) is 44.2 Å². The SMILES string of the molecule is CC(C)n1c(-c2cccc3c2oc2nc(-c4ccccc4)ccc23)nc2ccccc21. The molecule has 3 heterocycles. The summed E-state index contributed by atoms with van der Waals surface area (Å²) in [7, 11) is 0. The van der Waals surface area contributed by atoms with Crippen LogP contribution in [0.1, 0.15) is 19.9 Å². The zero-order valence-corrected chi connectivity index (χ0v) is 17.4. The fraction of sp³-hybridized carbons (Fsp3) is 0.111. The first-order valence-electron chi connectivity index (χ1n) is 10.6. The highest BCUT2D eigenvalue weighted by Gasteiger charge is 2.20. The van der Waals surface area contributed by atoms with Gasteiger partial charge in [-0.2, -0.15) is 0 Å². The predicted molar refractivity (Wildman–Crippen MR) is 126 cm³/mol. The van der Waals surface area contributed by atoms with Gasteiger partial charge < -0.3 is 8.98 Å². The first kappa shape index (κ1) is 17.9. The lowest BCUT2D eigenvalue weighted by atomic mass is 10.1. The number of para-hydroxylation sites is 3. The van der Waals surface area contributed by atoms with Gasteiger partial charge in [0.2, 0.25) is 5.71 Å². The zero-order chi connectivity index (χ0) is 20.9. The third-order valence-electron chi connectivity index (χ3n) is 5.79. The highest BCUT2D eigenvalue weighted by Crippen LogP contribution is 2.37. The third-order valence-corrected chi connectivity index (χ3v) is 5.79. The number of rotatable bonds is 3. The van der Waals surface area contributed by atoms with Crippen LogP contribution in [-0.2, 0) is 0 Å². The fourth-order valence-electron chi connectivity index (χ4n) is 4.38. The van der Waals surface area contributed by atoms with Crippen LogP contribution >= 0.6 is 0 Å². The first-order chi connectivity index (χ1) is 15.2. The maximum Gasteiger partial charge on any atom is 0.227 e. The van der Waals surface area contributed by atoms with Gasteiger partial charge in [-0.1, -0.05) is 54.6 Å². The number of hydrogen-bond acceptors (Lipinski definition) is 3. The van der Waals surface area contributed by atoms with Gasteiger partial charge in [0.05, 0.1) is 22.3 Å². The Morgan fingerprint density at radius 2 is 1.55 bits per heavy atom. The van der Waals surface area contributed by atoms with Crippen LogP contribution in [0, 0.1) is 0 Å². The van der Waals surface area contributed by atoms with Crippen molar-refractivity contribution in [3.8, 4) is 22.6 Å². The van der Waals surface area contributed by atoms with E-state index >= 15 is 0 Å². The van der Waals surface area contributed by atoms with Crippen LogP contribution in [-0.4, -0.2) is 14.5 Å². The molecule has 4 nitrogen and oxygen atoms in total. The second-order valence-electron chi connectivity index (χ2n) is 8.09. The number of nitrogens with zero attached hydrogens (tertiary/aromatic N) is 3. The molecule has 6 aromatic rings. The summed E-state index contributed by atoms with van der Waals surface area (Å²) in [5.41, 5.74) is 6.56. The van der Waals surface area contributed by atoms with Crippen molar-refractivity contribution in [3.05, 3.63) is 84.9 Å². The van der Waals surface area contributed by atoms with E-state index < -0.39 is 0 Å². The van der Waals surface area contributed by atoms with E-state index in [2.05, 4.69) is 79.1 Å². The molecule has 0 aliphatic rings. The van der Waals surface area contributed by atoms with Gasteiger partial charge in [0, 0.05) is 22.4 Å². The number of benzene rings is 3. The van der Waals surface area contributed by atoms with Crippen LogP contribution in [0.5, 0.6) is 0 Å². The number of hydrogen-bond donors (Lipinski definition) is 0. The van der Waals surface area contributed by atoms with Crippen LogP contribution in [0.25, 0.3) is 55.7 Å². The summed E-state index contributed by atoms with van der Waals surface area (Å²) in [5, 5.41) is 2.07. The molecule has 0 N–H and O–H groups in total. The maximum atomic E-state index is 6.37. The van der Waals surface area contributed by atoms with Crippen LogP contribution in [0.15, 0.2) is 89.3 Å². The minimum atomic E-state index is 0.268. The van der Waals surface area contributed by atoms with E-state index in [4.69, 9.17) is 14.4 Å². The third kappa shape index (κ3) is 2.76. The maximum absolute atomic E-state index is 6.37. The van der Waals surface area contributed by atoms with Gasteiger partial charge in [0.15, 0.2) is 0 Å². The summed E-state index contributed by atoms with van der Waals surface area (Å²) >= 11 is 0. The predicted octanol–water partition coefficient (Wildman–Crippen LogP) is 7.25. The van der Waals surface area contributed by atoms with Crippen molar-refractivity contribution >= 4 is 33.1 Å². The molecule has 0 atom stereocenters. The Kier molecular flexibility index (Phi) is 3.93. The lowest BCUT2D eigenvalue weighted by Gasteiger charge is -2.13. The van der Waals surface area contributed by atoms with Gasteiger partial charge in [0.25, 0.3) is 0 Å². The Morgan fingerprint density at radius 1 is 0.742 bits per heavy atom. The zero-order valence-electron chi connectivity index (χ0n) is 17.4. The minimum Gasteiger partial charge on any atom is -0.437 e. The number of furan rings is 1. The van der Waals surface area contributed by atoms with E-state index in [0.29, 0.717) is 5.71 Å². The molecule has 0 amide bonds. The lowest BCUT2D eigenvalue weighted by Crippen LogP contribution is -2.03. The Labute approximate surface area is 179 Å². The molecule has 3 aromatic carbocycles. The molecule has 0 aliphatic carbocycles. The Bertz CT molecular complexity index is 1560. The molecule has 0 saturated heterocycles. The van der Waals surface area contributed by atoms with Crippen LogP contribution in [0.4, 0.5) is 0 Å². The second kappa shape index (κ2) is 6.81. The lowest BCUT2D eigenvalue weighted by molar-refractivity contribution is 0.621. The standard InChI is InChI=1S/C27H21N3O/c1-17(2)30-24-14-7-6-13-23(24)28-26(30)21-12-8-11-19-20-15-16-22(18-9-4-3-5-10-18)29-27(20)31-25(19)21/h3-17H,1-2H3. The van der Waals surface area contributed by atoms with E-state index in [9.17, 15) is 0 Å². The van der Waals surface area contributed by atoms with Crippen molar-refractivity contribution in [2.45, 2.75) is 19.9 Å². The van der Waals surface area contributed by atoms with Gasteiger partial charge in [-0.25, -0.2) is 9.97 Å². The molecule has 6 rings (SSSR count). The number of aromatic nitrogens is 3. The fourth-order valence-corrected chi connectivity index (χ4v) is 4.38. The summed E-state index contributed by atoms with van der Waals surface area (Å²) in [6.07, 6.45) is 0. The van der Waals surface area contributed by atoms with Crippen molar-refractivity contribution in [1.82, 2.24) is 14.5 Å². The molecule has 0 bridgehead atoms. The van der Waals surface area contributed by atoms with Gasteiger partial charge >= 0.3 is 0 Å². The van der Waals surface area contributed by atoms with E-state index in [-0.39, 0.29) is 6.04 Å². The molecule has 150 valence electrons. The highest BCUT2D eigenvalue weighted by molar-refractivity contribution is 6.08. The van der Waals surface area contributed by atoms with Crippen molar-refractivity contribution in [1.29, 1.82) is 0 Å².